The number of anilines is 1. The van der Waals surface area contributed by atoms with Gasteiger partial charge in [-0.3, -0.25) is 4.79 Å². The maximum absolute atomic E-state index is 12.0. The zero-order valence-corrected chi connectivity index (χ0v) is 15.2. The average Bonchev–Trinajstić information content (AvgIpc) is 3.12. The predicted octanol–water partition coefficient (Wildman–Crippen LogP) is 4.21. The summed E-state index contributed by atoms with van der Waals surface area (Å²) in [4.78, 5) is 25.1. The van der Waals surface area contributed by atoms with Crippen LogP contribution in [0.2, 0.25) is 10.0 Å². The molecule has 1 aliphatic carbocycles. The van der Waals surface area contributed by atoms with Crippen molar-refractivity contribution in [3.8, 4) is 6.07 Å². The summed E-state index contributed by atoms with van der Waals surface area (Å²) in [6, 6.07) is 6.45. The zero-order chi connectivity index (χ0) is 18.0. The minimum absolute atomic E-state index is 0.165. The van der Waals surface area contributed by atoms with Crippen molar-refractivity contribution < 1.29 is 14.3 Å². The number of carbonyl (C=O) groups is 2. The Morgan fingerprint density at radius 3 is 2.64 bits per heavy atom. The molecule has 1 N–H and O–H groups in total. The summed E-state index contributed by atoms with van der Waals surface area (Å²) in [6.07, 6.45) is 2.81. The first-order chi connectivity index (χ1) is 12.0. The van der Waals surface area contributed by atoms with Crippen LogP contribution < -0.4 is 5.32 Å². The van der Waals surface area contributed by atoms with Crippen LogP contribution in [0.1, 0.15) is 32.8 Å². The van der Waals surface area contributed by atoms with E-state index in [9.17, 15) is 14.9 Å². The number of thiophene rings is 1. The fraction of sp³-hybridized carbons (Fsp3) is 0.235. The van der Waals surface area contributed by atoms with Crippen LogP contribution in [0.3, 0.4) is 0 Å². The number of hydrogen-bond donors (Lipinski definition) is 1. The molecule has 1 aliphatic rings. The monoisotopic (exact) mass is 394 g/mol. The molecule has 128 valence electrons. The number of carbonyl (C=O) groups excluding carboxylic acids is 2. The van der Waals surface area contributed by atoms with Crippen LogP contribution in [0.5, 0.6) is 0 Å². The molecule has 0 radical (unpaired) electrons. The van der Waals surface area contributed by atoms with E-state index in [2.05, 4.69) is 11.4 Å². The number of fused-ring (bicyclic) bond motifs is 1. The van der Waals surface area contributed by atoms with Crippen LogP contribution in [0.15, 0.2) is 18.2 Å². The van der Waals surface area contributed by atoms with Gasteiger partial charge in [-0.15, -0.1) is 11.3 Å². The Kier molecular flexibility index (Phi) is 5.28. The first kappa shape index (κ1) is 17.7. The molecule has 8 heteroatoms. The van der Waals surface area contributed by atoms with Crippen molar-refractivity contribution in [1.29, 1.82) is 5.26 Å². The summed E-state index contributed by atoms with van der Waals surface area (Å²) in [5, 5.41) is 13.1. The molecule has 0 bridgehead atoms. The minimum Gasteiger partial charge on any atom is -0.452 e. The van der Waals surface area contributed by atoms with Crippen molar-refractivity contribution in [2.75, 3.05) is 11.9 Å². The number of aryl methyl sites for hydroxylation is 1. The Labute approximate surface area is 158 Å². The molecule has 0 saturated carbocycles. The molecule has 5 nitrogen and oxygen atoms in total. The van der Waals surface area contributed by atoms with E-state index in [4.69, 9.17) is 27.9 Å². The van der Waals surface area contributed by atoms with Gasteiger partial charge in [0.2, 0.25) is 0 Å². The third-order valence-corrected chi connectivity index (χ3v) is 5.36. The van der Waals surface area contributed by atoms with Gasteiger partial charge in [-0.05, 0) is 43.0 Å². The van der Waals surface area contributed by atoms with E-state index in [1.165, 1.54) is 29.5 Å². The molecule has 1 amide bonds. The lowest BCUT2D eigenvalue weighted by atomic mass is 10.1. The molecule has 25 heavy (non-hydrogen) atoms. The molecule has 2 aromatic rings. The number of halogens is 2. The molecule has 1 aromatic heterocycles. The van der Waals surface area contributed by atoms with Gasteiger partial charge in [0.05, 0.1) is 11.1 Å². The van der Waals surface area contributed by atoms with Crippen LogP contribution in [0, 0.1) is 11.3 Å². The number of esters is 1. The van der Waals surface area contributed by atoms with E-state index >= 15 is 0 Å². The molecule has 3 rings (SSSR count). The fourth-order valence-electron chi connectivity index (χ4n) is 2.66. The summed E-state index contributed by atoms with van der Waals surface area (Å²) in [5.41, 5.74) is 1.70. The van der Waals surface area contributed by atoms with Gasteiger partial charge in [-0.2, -0.15) is 5.26 Å². The first-order valence-electron chi connectivity index (χ1n) is 7.45. The number of amides is 1. The van der Waals surface area contributed by atoms with Crippen LogP contribution in [-0.4, -0.2) is 18.5 Å². The van der Waals surface area contributed by atoms with E-state index in [-0.39, 0.29) is 5.56 Å². The summed E-state index contributed by atoms with van der Waals surface area (Å²) in [7, 11) is 0. The van der Waals surface area contributed by atoms with Gasteiger partial charge in [-0.25, -0.2) is 4.79 Å². The second-order valence-corrected chi connectivity index (χ2v) is 7.43. The topological polar surface area (TPSA) is 79.2 Å². The van der Waals surface area contributed by atoms with E-state index in [0.717, 1.165) is 29.7 Å². The van der Waals surface area contributed by atoms with Gasteiger partial charge in [0.1, 0.15) is 11.1 Å². The SMILES string of the molecule is N#Cc1c(NC(=O)COC(=O)c2cc(Cl)cc(Cl)c2)sc2c1CCC2. The van der Waals surface area contributed by atoms with E-state index in [1.54, 1.807) is 0 Å². The van der Waals surface area contributed by atoms with Crippen LogP contribution in [0.4, 0.5) is 5.00 Å². The van der Waals surface area contributed by atoms with Crippen molar-refractivity contribution in [1.82, 2.24) is 0 Å². The highest BCUT2D eigenvalue weighted by Crippen LogP contribution is 2.38. The Morgan fingerprint density at radius 2 is 1.96 bits per heavy atom. The largest absolute Gasteiger partial charge is 0.452 e. The van der Waals surface area contributed by atoms with Crippen molar-refractivity contribution in [2.24, 2.45) is 0 Å². The normalized spacial score (nSPS) is 12.4. The van der Waals surface area contributed by atoms with Gasteiger partial charge < -0.3 is 10.1 Å². The standard InChI is InChI=1S/C17H12Cl2N2O3S/c18-10-4-9(5-11(19)6-10)17(23)24-8-15(22)21-16-13(7-20)12-2-1-3-14(12)25-16/h4-6H,1-3,8H2,(H,21,22). The molecular weight excluding hydrogens is 383 g/mol. The summed E-state index contributed by atoms with van der Waals surface area (Å²) < 4.78 is 4.98. The number of hydrogen-bond acceptors (Lipinski definition) is 5. The van der Waals surface area contributed by atoms with E-state index in [1.807, 2.05) is 0 Å². The molecule has 0 atom stereocenters. The predicted molar refractivity (Wildman–Crippen MR) is 96.4 cm³/mol. The van der Waals surface area contributed by atoms with Crippen molar-refractivity contribution in [2.45, 2.75) is 19.3 Å². The van der Waals surface area contributed by atoms with E-state index in [0.29, 0.717) is 20.6 Å². The Hall–Kier alpha value is -2.07. The van der Waals surface area contributed by atoms with Crippen molar-refractivity contribution >= 4 is 51.4 Å². The summed E-state index contributed by atoms with van der Waals surface area (Å²) in [6.45, 7) is -0.462. The van der Waals surface area contributed by atoms with Gasteiger partial charge in [0, 0.05) is 14.9 Å². The number of nitrogens with one attached hydrogen (secondary N) is 1. The lowest BCUT2D eigenvalue weighted by Gasteiger charge is -2.06. The van der Waals surface area contributed by atoms with Gasteiger partial charge >= 0.3 is 5.97 Å². The second kappa shape index (κ2) is 7.44. The fourth-order valence-corrected chi connectivity index (χ4v) is 4.44. The minimum atomic E-state index is -0.700. The highest BCUT2D eigenvalue weighted by atomic mass is 35.5. The molecular formula is C17H12Cl2N2O3S. The molecule has 0 saturated heterocycles. The third-order valence-electron chi connectivity index (χ3n) is 3.72. The zero-order valence-electron chi connectivity index (χ0n) is 12.9. The maximum atomic E-state index is 12.0. The molecule has 0 unspecified atom stereocenters. The van der Waals surface area contributed by atoms with Crippen molar-refractivity contribution in [3.05, 3.63) is 49.8 Å². The maximum Gasteiger partial charge on any atom is 0.338 e. The lowest BCUT2D eigenvalue weighted by molar-refractivity contribution is -0.119. The lowest BCUT2D eigenvalue weighted by Crippen LogP contribution is -2.21. The van der Waals surface area contributed by atoms with Crippen LogP contribution in [-0.2, 0) is 22.4 Å². The van der Waals surface area contributed by atoms with Crippen LogP contribution in [0.25, 0.3) is 0 Å². The van der Waals surface area contributed by atoms with Gasteiger partial charge in [0.15, 0.2) is 6.61 Å². The summed E-state index contributed by atoms with van der Waals surface area (Å²) in [5.74, 6) is -1.20. The highest BCUT2D eigenvalue weighted by Gasteiger charge is 2.23. The molecule has 0 spiro atoms. The Balaban J connectivity index is 1.62. The smallest absolute Gasteiger partial charge is 0.338 e. The highest BCUT2D eigenvalue weighted by molar-refractivity contribution is 7.16. The molecule has 1 heterocycles. The van der Waals surface area contributed by atoms with Crippen molar-refractivity contribution in [3.63, 3.8) is 0 Å². The molecule has 0 fully saturated rings. The number of ether oxygens (including phenoxy) is 1. The Bertz CT molecular complexity index is 882. The van der Waals surface area contributed by atoms with Gasteiger partial charge in [0.25, 0.3) is 5.91 Å². The number of nitrogens with zero attached hydrogens (tertiary/aromatic N) is 1. The third kappa shape index (κ3) is 3.96. The second-order valence-electron chi connectivity index (χ2n) is 5.46. The molecule has 1 aromatic carbocycles. The molecule has 0 aliphatic heterocycles. The van der Waals surface area contributed by atoms with Crippen LogP contribution >= 0.6 is 34.5 Å². The van der Waals surface area contributed by atoms with Gasteiger partial charge in [-0.1, -0.05) is 23.2 Å². The quantitative estimate of drug-likeness (QED) is 0.787. The average molecular weight is 395 g/mol. The number of benzene rings is 1. The summed E-state index contributed by atoms with van der Waals surface area (Å²) >= 11 is 13.1. The van der Waals surface area contributed by atoms with E-state index < -0.39 is 18.5 Å². The number of nitriles is 1. The first-order valence-corrected chi connectivity index (χ1v) is 9.03. The number of rotatable bonds is 4. The Morgan fingerprint density at radius 1 is 1.24 bits per heavy atom.